The molecule has 1 aromatic carbocycles. The fourth-order valence-corrected chi connectivity index (χ4v) is 1.69. The Kier molecular flexibility index (Phi) is 7.20. The molecule has 0 N–H and O–H groups in total. The zero-order valence-electron chi connectivity index (χ0n) is 13.3. The quantitative estimate of drug-likeness (QED) is 0.359. The van der Waals surface area contributed by atoms with Gasteiger partial charge in [-0.2, -0.15) is 10.5 Å². The Labute approximate surface area is 140 Å². The summed E-state index contributed by atoms with van der Waals surface area (Å²) in [5, 5.41) is 17.5. The number of benzene rings is 1. The molecule has 0 aliphatic carbocycles. The van der Waals surface area contributed by atoms with Crippen molar-refractivity contribution in [2.24, 2.45) is 0 Å². The molecule has 0 saturated heterocycles. The van der Waals surface area contributed by atoms with E-state index < -0.39 is 5.97 Å². The second kappa shape index (κ2) is 9.39. The molecule has 24 heavy (non-hydrogen) atoms. The maximum Gasteiger partial charge on any atom is 0.308 e. The van der Waals surface area contributed by atoms with Crippen LogP contribution in [0.15, 0.2) is 66.1 Å². The van der Waals surface area contributed by atoms with E-state index in [1.165, 1.54) is 37.1 Å². The van der Waals surface area contributed by atoms with Crippen molar-refractivity contribution in [1.82, 2.24) is 0 Å². The maximum absolute atomic E-state index is 11.7. The van der Waals surface area contributed by atoms with Crippen LogP contribution in [0.5, 0.6) is 0 Å². The number of nitrogens with zero attached hydrogens (tertiary/aromatic N) is 3. The molecule has 0 unspecified atom stereocenters. The molecule has 0 heterocycles. The maximum atomic E-state index is 11.7. The fourth-order valence-electron chi connectivity index (χ4n) is 1.69. The van der Waals surface area contributed by atoms with Crippen LogP contribution in [0.2, 0.25) is 0 Å². The van der Waals surface area contributed by atoms with Gasteiger partial charge in [0, 0.05) is 31.8 Å². The number of ether oxygens (including phenoxy) is 1. The molecule has 0 aliphatic rings. The van der Waals surface area contributed by atoms with Crippen LogP contribution in [0.25, 0.3) is 0 Å². The molecule has 1 amide bonds. The molecule has 0 radical (unpaired) electrons. The SMILES string of the molecule is CC(=O)O/C(C=C(C#N)C#N)=C/C=C\N(C(C)=O)c1ccccc1. The summed E-state index contributed by atoms with van der Waals surface area (Å²) in [6.45, 7) is 2.62. The summed E-state index contributed by atoms with van der Waals surface area (Å²) in [5.74, 6) is -0.772. The Morgan fingerprint density at radius 3 is 2.25 bits per heavy atom. The number of allylic oxidation sites excluding steroid dienone is 4. The highest BCUT2D eigenvalue weighted by atomic mass is 16.5. The van der Waals surface area contributed by atoms with Gasteiger partial charge in [-0.25, -0.2) is 0 Å². The lowest BCUT2D eigenvalue weighted by molar-refractivity contribution is -0.136. The predicted molar refractivity (Wildman–Crippen MR) is 87.9 cm³/mol. The van der Waals surface area contributed by atoms with Crippen molar-refractivity contribution in [3.05, 3.63) is 66.1 Å². The average Bonchev–Trinajstić information content (AvgIpc) is 2.56. The highest BCUT2D eigenvalue weighted by Crippen LogP contribution is 2.14. The van der Waals surface area contributed by atoms with E-state index in [-0.39, 0.29) is 17.2 Å². The molecule has 1 rings (SSSR count). The van der Waals surface area contributed by atoms with Gasteiger partial charge >= 0.3 is 5.97 Å². The molecule has 6 heteroatoms. The summed E-state index contributed by atoms with van der Waals surface area (Å²) >= 11 is 0. The Morgan fingerprint density at radius 1 is 1.12 bits per heavy atom. The van der Waals surface area contributed by atoms with E-state index in [9.17, 15) is 9.59 Å². The Morgan fingerprint density at radius 2 is 1.75 bits per heavy atom. The third-order valence-corrected chi connectivity index (χ3v) is 2.66. The lowest BCUT2D eigenvalue weighted by Crippen LogP contribution is -2.21. The number of para-hydroxylation sites is 1. The normalized spacial score (nSPS) is 10.4. The molecule has 0 spiro atoms. The number of hydrogen-bond acceptors (Lipinski definition) is 5. The van der Waals surface area contributed by atoms with Crippen molar-refractivity contribution in [2.45, 2.75) is 13.8 Å². The summed E-state index contributed by atoms with van der Waals surface area (Å²) in [7, 11) is 0. The number of anilines is 1. The van der Waals surface area contributed by atoms with Crippen LogP contribution in [0.4, 0.5) is 5.69 Å². The molecule has 120 valence electrons. The first-order valence-electron chi connectivity index (χ1n) is 6.91. The smallest absolute Gasteiger partial charge is 0.308 e. The van der Waals surface area contributed by atoms with Gasteiger partial charge in [0.25, 0.3) is 0 Å². The number of esters is 1. The summed E-state index contributed by atoms with van der Waals surface area (Å²) in [6, 6.07) is 12.3. The molecule has 0 aromatic heterocycles. The fraction of sp³-hybridized carbons (Fsp3) is 0.111. The van der Waals surface area contributed by atoms with E-state index in [0.29, 0.717) is 5.69 Å². The van der Waals surface area contributed by atoms with Gasteiger partial charge in [0.1, 0.15) is 23.5 Å². The third-order valence-electron chi connectivity index (χ3n) is 2.66. The van der Waals surface area contributed by atoms with Gasteiger partial charge < -0.3 is 4.74 Å². The summed E-state index contributed by atoms with van der Waals surface area (Å²) in [6.07, 6.45) is 5.50. The van der Waals surface area contributed by atoms with Crippen LogP contribution in [-0.4, -0.2) is 11.9 Å². The standard InChI is InChI=1S/C18H15N3O3/c1-14(22)21(17-7-4-3-5-8-17)10-6-9-18(24-15(2)23)11-16(12-19)13-20/h3-11H,1-2H3/b10-6-,18-9+. The number of amides is 1. The minimum absolute atomic E-state index is 0.0217. The molecule has 0 atom stereocenters. The number of hydrogen-bond donors (Lipinski definition) is 0. The predicted octanol–water partition coefficient (Wildman–Crippen LogP) is 2.97. The van der Waals surface area contributed by atoms with Gasteiger partial charge in [0.15, 0.2) is 0 Å². The van der Waals surface area contributed by atoms with Crippen LogP contribution < -0.4 is 4.90 Å². The number of nitriles is 2. The van der Waals surface area contributed by atoms with Crippen LogP contribution in [0, 0.1) is 22.7 Å². The molecular weight excluding hydrogens is 306 g/mol. The summed E-state index contributed by atoms with van der Waals surface area (Å²) in [4.78, 5) is 24.2. The van der Waals surface area contributed by atoms with Crippen molar-refractivity contribution in [2.75, 3.05) is 4.90 Å². The molecule has 0 bridgehead atoms. The van der Waals surface area contributed by atoms with Crippen molar-refractivity contribution in [3.8, 4) is 12.1 Å². The lowest BCUT2D eigenvalue weighted by Gasteiger charge is -2.15. The largest absolute Gasteiger partial charge is 0.427 e. The highest BCUT2D eigenvalue weighted by Gasteiger charge is 2.07. The third kappa shape index (κ3) is 6.00. The number of carbonyl (C=O) groups is 2. The van der Waals surface area contributed by atoms with E-state index in [4.69, 9.17) is 15.3 Å². The van der Waals surface area contributed by atoms with Gasteiger partial charge in [-0.1, -0.05) is 18.2 Å². The average molecular weight is 321 g/mol. The first kappa shape index (κ1) is 18.4. The van der Waals surface area contributed by atoms with Gasteiger partial charge in [-0.05, 0) is 24.3 Å². The van der Waals surface area contributed by atoms with Crippen molar-refractivity contribution < 1.29 is 14.3 Å². The number of rotatable bonds is 5. The second-order valence-corrected chi connectivity index (χ2v) is 4.51. The van der Waals surface area contributed by atoms with Crippen molar-refractivity contribution >= 4 is 17.6 Å². The topological polar surface area (TPSA) is 94.2 Å². The highest BCUT2D eigenvalue weighted by molar-refractivity contribution is 5.93. The van der Waals surface area contributed by atoms with Gasteiger partial charge in [-0.15, -0.1) is 0 Å². The minimum atomic E-state index is -0.590. The zero-order valence-corrected chi connectivity index (χ0v) is 13.3. The first-order chi connectivity index (χ1) is 11.5. The monoisotopic (exact) mass is 321 g/mol. The summed E-state index contributed by atoms with van der Waals surface area (Å²) in [5.41, 5.74) is 0.469. The zero-order chi connectivity index (χ0) is 17.9. The van der Waals surface area contributed by atoms with E-state index in [0.717, 1.165) is 6.08 Å². The number of carbonyl (C=O) groups excluding carboxylic acids is 2. The van der Waals surface area contributed by atoms with Gasteiger partial charge in [-0.3, -0.25) is 14.5 Å². The molecule has 0 aliphatic heterocycles. The molecule has 0 fully saturated rings. The van der Waals surface area contributed by atoms with Gasteiger partial charge in [0.05, 0.1) is 0 Å². The second-order valence-electron chi connectivity index (χ2n) is 4.51. The molecular formula is C18H15N3O3. The van der Waals surface area contributed by atoms with Crippen LogP contribution >= 0.6 is 0 Å². The lowest BCUT2D eigenvalue weighted by atomic mass is 10.2. The van der Waals surface area contributed by atoms with E-state index in [2.05, 4.69) is 0 Å². The molecule has 6 nitrogen and oxygen atoms in total. The van der Waals surface area contributed by atoms with Crippen LogP contribution in [0.3, 0.4) is 0 Å². The van der Waals surface area contributed by atoms with E-state index >= 15 is 0 Å². The van der Waals surface area contributed by atoms with E-state index in [1.54, 1.807) is 36.4 Å². The van der Waals surface area contributed by atoms with Crippen molar-refractivity contribution in [1.29, 1.82) is 10.5 Å². The molecule has 0 saturated carbocycles. The van der Waals surface area contributed by atoms with Crippen LogP contribution in [0.1, 0.15) is 13.8 Å². The van der Waals surface area contributed by atoms with Crippen molar-refractivity contribution in [3.63, 3.8) is 0 Å². The summed E-state index contributed by atoms with van der Waals surface area (Å²) < 4.78 is 4.92. The Bertz CT molecular complexity index is 762. The van der Waals surface area contributed by atoms with Crippen LogP contribution in [-0.2, 0) is 14.3 Å². The molecule has 1 aromatic rings. The Balaban J connectivity index is 3.10. The van der Waals surface area contributed by atoms with E-state index in [1.807, 2.05) is 6.07 Å². The van der Waals surface area contributed by atoms with Gasteiger partial charge in [0.2, 0.25) is 5.91 Å². The minimum Gasteiger partial charge on any atom is -0.427 e. The Hall–Kier alpha value is -3.64. The first-order valence-corrected chi connectivity index (χ1v) is 6.91.